The molecule has 0 atom stereocenters. The van der Waals surface area contributed by atoms with Gasteiger partial charge in [0.1, 0.15) is 11.4 Å². The molecular formula is C13H10BrClN2O3. The van der Waals surface area contributed by atoms with E-state index in [-0.39, 0.29) is 11.4 Å². The fraction of sp³-hybridized carbons (Fsp3) is 0.0769. The largest absolute Gasteiger partial charge is 0.508 e. The molecule has 7 heteroatoms. The second kappa shape index (κ2) is 6.11. The number of hydrogen-bond donors (Lipinski definition) is 2. The number of aromatic hydroxyl groups is 1. The van der Waals surface area contributed by atoms with Crippen molar-refractivity contribution >= 4 is 38.9 Å². The molecule has 0 aliphatic carbocycles. The van der Waals surface area contributed by atoms with Gasteiger partial charge < -0.3 is 10.4 Å². The minimum Gasteiger partial charge on any atom is -0.508 e. The quantitative estimate of drug-likeness (QED) is 0.485. The normalized spacial score (nSPS) is 10.3. The highest BCUT2D eigenvalue weighted by molar-refractivity contribution is 9.10. The lowest BCUT2D eigenvalue weighted by Gasteiger charge is -2.09. The Kier molecular flexibility index (Phi) is 4.46. The molecule has 0 bridgehead atoms. The van der Waals surface area contributed by atoms with Gasteiger partial charge in [-0.25, -0.2) is 0 Å². The summed E-state index contributed by atoms with van der Waals surface area (Å²) < 4.78 is 0.874. The molecule has 2 aromatic rings. The van der Waals surface area contributed by atoms with Crippen LogP contribution < -0.4 is 5.32 Å². The van der Waals surface area contributed by atoms with E-state index < -0.39 is 4.92 Å². The average molecular weight is 358 g/mol. The molecular weight excluding hydrogens is 348 g/mol. The third kappa shape index (κ3) is 3.40. The summed E-state index contributed by atoms with van der Waals surface area (Å²) in [5.41, 5.74) is 0.948. The smallest absolute Gasteiger partial charge is 0.296 e. The van der Waals surface area contributed by atoms with Crippen LogP contribution in [0.4, 0.5) is 11.4 Å². The molecule has 5 nitrogen and oxygen atoms in total. The van der Waals surface area contributed by atoms with E-state index in [0.29, 0.717) is 17.3 Å². The molecule has 2 N–H and O–H groups in total. The van der Waals surface area contributed by atoms with Crippen LogP contribution in [-0.4, -0.2) is 10.0 Å². The van der Waals surface area contributed by atoms with Crippen LogP contribution in [0.15, 0.2) is 40.9 Å². The Morgan fingerprint density at radius 3 is 2.75 bits per heavy atom. The van der Waals surface area contributed by atoms with Crippen LogP contribution in [0.2, 0.25) is 5.02 Å². The fourth-order valence-corrected chi connectivity index (χ4v) is 2.28. The third-order valence-corrected chi connectivity index (χ3v) is 3.52. The topological polar surface area (TPSA) is 75.4 Å². The summed E-state index contributed by atoms with van der Waals surface area (Å²) in [5.74, 6) is -0.150. The number of rotatable bonds is 4. The minimum absolute atomic E-state index is 0.150. The number of nitrogens with one attached hydrogen (secondary N) is 1. The van der Waals surface area contributed by atoms with Crippen LogP contribution in [-0.2, 0) is 6.54 Å². The molecule has 0 fully saturated rings. The molecule has 0 saturated heterocycles. The van der Waals surface area contributed by atoms with Gasteiger partial charge in [-0.05, 0) is 35.9 Å². The Morgan fingerprint density at radius 1 is 1.30 bits per heavy atom. The maximum Gasteiger partial charge on any atom is 0.296 e. The highest BCUT2D eigenvalue weighted by Gasteiger charge is 2.14. The number of nitrogens with zero attached hydrogens (tertiary/aromatic N) is 1. The van der Waals surface area contributed by atoms with Gasteiger partial charge in [0.2, 0.25) is 0 Å². The molecule has 0 aliphatic heterocycles. The number of nitro groups is 1. The molecule has 0 saturated carbocycles. The first-order valence-corrected chi connectivity index (χ1v) is 6.79. The van der Waals surface area contributed by atoms with E-state index in [9.17, 15) is 15.2 Å². The van der Waals surface area contributed by atoms with E-state index in [4.69, 9.17) is 11.6 Å². The summed E-state index contributed by atoms with van der Waals surface area (Å²) >= 11 is 9.40. The zero-order valence-corrected chi connectivity index (χ0v) is 12.5. The van der Waals surface area contributed by atoms with Gasteiger partial charge in [0.05, 0.1) is 11.0 Å². The Hall–Kier alpha value is -1.79. The summed E-state index contributed by atoms with van der Waals surface area (Å²) in [7, 11) is 0. The van der Waals surface area contributed by atoms with E-state index in [2.05, 4.69) is 21.2 Å². The first-order valence-electron chi connectivity index (χ1n) is 5.62. The molecule has 0 spiro atoms. The fourth-order valence-electron chi connectivity index (χ4n) is 1.69. The number of nitro benzene ring substituents is 1. The average Bonchev–Trinajstić information content (AvgIpc) is 2.40. The maximum atomic E-state index is 10.9. The summed E-state index contributed by atoms with van der Waals surface area (Å²) in [5, 5.41) is 23.7. The maximum absolute atomic E-state index is 10.9. The predicted molar refractivity (Wildman–Crippen MR) is 81.2 cm³/mol. The van der Waals surface area contributed by atoms with Crippen LogP contribution in [0.1, 0.15) is 5.56 Å². The molecule has 0 unspecified atom stereocenters. The first kappa shape index (κ1) is 14.6. The summed E-state index contributed by atoms with van der Waals surface area (Å²) in [4.78, 5) is 10.4. The van der Waals surface area contributed by atoms with Gasteiger partial charge in [0.25, 0.3) is 5.69 Å². The van der Waals surface area contributed by atoms with Gasteiger partial charge in [0, 0.05) is 16.0 Å². The molecule has 2 rings (SSSR count). The van der Waals surface area contributed by atoms with Gasteiger partial charge in [-0.1, -0.05) is 27.5 Å². The van der Waals surface area contributed by atoms with Crippen molar-refractivity contribution in [3.8, 4) is 5.75 Å². The molecule has 2 aromatic carbocycles. The molecule has 0 aliphatic rings. The van der Waals surface area contributed by atoms with E-state index in [1.165, 1.54) is 12.1 Å². The van der Waals surface area contributed by atoms with E-state index >= 15 is 0 Å². The molecule has 0 heterocycles. The van der Waals surface area contributed by atoms with E-state index in [1.807, 2.05) is 12.1 Å². The molecule has 20 heavy (non-hydrogen) atoms. The lowest BCUT2D eigenvalue weighted by atomic mass is 10.2. The number of anilines is 1. The molecule has 0 amide bonds. The van der Waals surface area contributed by atoms with Crippen molar-refractivity contribution in [2.45, 2.75) is 6.54 Å². The van der Waals surface area contributed by atoms with Crippen molar-refractivity contribution < 1.29 is 10.0 Å². The lowest BCUT2D eigenvalue weighted by Crippen LogP contribution is -2.03. The second-order valence-electron chi connectivity index (χ2n) is 4.05. The standard InChI is InChI=1S/C13H10BrClN2O3/c14-9-1-3-11(15)8(5-9)7-16-12-4-2-10(18)6-13(12)17(19)20/h1-6,16,18H,7H2. The van der Waals surface area contributed by atoms with Crippen molar-refractivity contribution in [2.24, 2.45) is 0 Å². The molecule has 104 valence electrons. The second-order valence-corrected chi connectivity index (χ2v) is 5.37. The van der Waals surface area contributed by atoms with Crippen LogP contribution in [0.5, 0.6) is 5.75 Å². The van der Waals surface area contributed by atoms with Gasteiger partial charge >= 0.3 is 0 Å². The Bertz CT molecular complexity index is 664. The monoisotopic (exact) mass is 356 g/mol. The number of phenolic OH excluding ortho intramolecular Hbond substituents is 1. The molecule has 0 aromatic heterocycles. The lowest BCUT2D eigenvalue weighted by molar-refractivity contribution is -0.384. The highest BCUT2D eigenvalue weighted by Crippen LogP contribution is 2.29. The SMILES string of the molecule is O=[N+]([O-])c1cc(O)ccc1NCc1cc(Br)ccc1Cl. The Morgan fingerprint density at radius 2 is 2.05 bits per heavy atom. The predicted octanol–water partition coefficient (Wildman–Crippen LogP) is 4.33. The zero-order chi connectivity index (χ0) is 14.7. The van der Waals surface area contributed by atoms with E-state index in [0.717, 1.165) is 16.1 Å². The van der Waals surface area contributed by atoms with Crippen molar-refractivity contribution in [2.75, 3.05) is 5.32 Å². The highest BCUT2D eigenvalue weighted by atomic mass is 79.9. The van der Waals surface area contributed by atoms with Gasteiger partial charge in [0.15, 0.2) is 0 Å². The van der Waals surface area contributed by atoms with Gasteiger partial charge in [-0.3, -0.25) is 10.1 Å². The van der Waals surface area contributed by atoms with Gasteiger partial charge in [-0.15, -0.1) is 0 Å². The summed E-state index contributed by atoms with van der Waals surface area (Å²) in [6.45, 7) is 0.337. The van der Waals surface area contributed by atoms with Crippen LogP contribution in [0.25, 0.3) is 0 Å². The minimum atomic E-state index is -0.551. The van der Waals surface area contributed by atoms with Gasteiger partial charge in [-0.2, -0.15) is 0 Å². The van der Waals surface area contributed by atoms with Crippen LogP contribution in [0.3, 0.4) is 0 Å². The van der Waals surface area contributed by atoms with Crippen molar-refractivity contribution in [1.82, 2.24) is 0 Å². The number of phenols is 1. The zero-order valence-electron chi connectivity index (χ0n) is 10.1. The van der Waals surface area contributed by atoms with Crippen LogP contribution >= 0.6 is 27.5 Å². The Balaban J connectivity index is 2.23. The third-order valence-electron chi connectivity index (χ3n) is 2.66. The van der Waals surface area contributed by atoms with E-state index in [1.54, 1.807) is 6.07 Å². The first-order chi connectivity index (χ1) is 9.47. The summed E-state index contributed by atoms with van der Waals surface area (Å²) in [6, 6.07) is 9.34. The molecule has 0 radical (unpaired) electrons. The van der Waals surface area contributed by atoms with Crippen molar-refractivity contribution in [3.05, 3.63) is 61.6 Å². The van der Waals surface area contributed by atoms with Crippen molar-refractivity contribution in [1.29, 1.82) is 0 Å². The Labute approximate surface area is 128 Å². The van der Waals surface area contributed by atoms with Crippen molar-refractivity contribution in [3.63, 3.8) is 0 Å². The number of benzene rings is 2. The number of halogens is 2. The number of hydrogen-bond acceptors (Lipinski definition) is 4. The van der Waals surface area contributed by atoms with Crippen LogP contribution in [0, 0.1) is 10.1 Å². The summed E-state index contributed by atoms with van der Waals surface area (Å²) in [6.07, 6.45) is 0.